The Bertz CT molecular complexity index is 599. The van der Waals surface area contributed by atoms with Gasteiger partial charge in [-0.3, -0.25) is 4.79 Å². The Labute approximate surface area is 144 Å². The van der Waals surface area contributed by atoms with Crippen LogP contribution in [0.1, 0.15) is 44.6 Å². The molecule has 2 fully saturated rings. The van der Waals surface area contributed by atoms with Gasteiger partial charge in [-0.05, 0) is 44.7 Å². The third-order valence-electron chi connectivity index (χ3n) is 5.16. The van der Waals surface area contributed by atoms with E-state index in [9.17, 15) is 9.59 Å². The molecule has 2 saturated heterocycles. The van der Waals surface area contributed by atoms with E-state index in [-0.39, 0.29) is 18.0 Å². The number of carbonyl (C=O) groups excluding carboxylic acids is 2. The molecule has 3 amide bonds. The number of amides is 3. The van der Waals surface area contributed by atoms with Gasteiger partial charge in [0.05, 0.1) is 6.04 Å². The zero-order valence-corrected chi connectivity index (χ0v) is 14.6. The Kier molecular flexibility index (Phi) is 5.07. The number of urea groups is 1. The number of likely N-dealkylation sites (tertiary alicyclic amines) is 1. The molecule has 0 unspecified atom stereocenters. The molecule has 1 N–H and O–H groups in total. The minimum atomic E-state index is -0.106. The number of nitrogens with zero attached hydrogens (tertiary/aromatic N) is 2. The summed E-state index contributed by atoms with van der Waals surface area (Å²) in [6, 6.07) is 8.17. The normalized spacial score (nSPS) is 24.3. The van der Waals surface area contributed by atoms with Gasteiger partial charge < -0.3 is 15.1 Å². The zero-order chi connectivity index (χ0) is 17.1. The third kappa shape index (κ3) is 3.55. The van der Waals surface area contributed by atoms with Crippen molar-refractivity contribution in [2.24, 2.45) is 0 Å². The van der Waals surface area contributed by atoms with Crippen molar-refractivity contribution in [1.29, 1.82) is 0 Å². The van der Waals surface area contributed by atoms with Crippen molar-refractivity contribution in [3.05, 3.63) is 29.8 Å². The van der Waals surface area contributed by atoms with Crippen LogP contribution in [0.4, 0.5) is 10.5 Å². The summed E-state index contributed by atoms with van der Waals surface area (Å²) < 4.78 is 0. The van der Waals surface area contributed by atoms with Crippen molar-refractivity contribution in [2.45, 2.75) is 58.0 Å². The van der Waals surface area contributed by atoms with Gasteiger partial charge in [-0.15, -0.1) is 0 Å². The highest BCUT2D eigenvalue weighted by Crippen LogP contribution is 2.23. The second kappa shape index (κ2) is 7.24. The minimum absolute atomic E-state index is 0.00916. The number of aryl methyl sites for hydroxylation is 1. The monoisotopic (exact) mass is 329 g/mol. The highest BCUT2D eigenvalue weighted by molar-refractivity contribution is 5.96. The fraction of sp³-hybridized carbons (Fsp3) is 0.579. The summed E-state index contributed by atoms with van der Waals surface area (Å²) in [5, 5.41) is 3.08. The summed E-state index contributed by atoms with van der Waals surface area (Å²) in [6.07, 6.45) is 4.73. The number of piperidine rings is 1. The molecular formula is C19H27N3O2. The lowest BCUT2D eigenvalue weighted by atomic mass is 10.0. The molecule has 2 aliphatic rings. The Balaban J connectivity index is 1.61. The van der Waals surface area contributed by atoms with Crippen molar-refractivity contribution in [2.75, 3.05) is 18.0 Å². The zero-order valence-electron chi connectivity index (χ0n) is 14.6. The largest absolute Gasteiger partial charge is 0.333 e. The molecule has 2 atom stereocenters. The van der Waals surface area contributed by atoms with Crippen LogP contribution in [0.3, 0.4) is 0 Å². The Hall–Kier alpha value is -2.04. The van der Waals surface area contributed by atoms with Crippen molar-refractivity contribution in [3.63, 3.8) is 0 Å². The average Bonchev–Trinajstić information content (AvgIpc) is 2.95. The standard InChI is InChI=1S/C19H27N3O2/c1-3-16-6-4-5-11-21(16)19(24)20-15-12-18(23)22(13-15)17-9-7-14(2)8-10-17/h7-10,15-16H,3-6,11-13H2,1-2H3,(H,20,24)/t15-,16-/m0/s1. The molecule has 1 aromatic carbocycles. The van der Waals surface area contributed by atoms with E-state index in [1.54, 1.807) is 4.90 Å². The van der Waals surface area contributed by atoms with Crippen molar-refractivity contribution in [3.8, 4) is 0 Å². The fourth-order valence-corrected chi connectivity index (χ4v) is 3.73. The average molecular weight is 329 g/mol. The van der Waals surface area contributed by atoms with Crippen molar-refractivity contribution in [1.82, 2.24) is 10.2 Å². The van der Waals surface area contributed by atoms with Crippen LogP contribution in [0.2, 0.25) is 0 Å². The number of carbonyl (C=O) groups is 2. The lowest BCUT2D eigenvalue weighted by Gasteiger charge is -2.35. The van der Waals surface area contributed by atoms with E-state index in [1.807, 2.05) is 36.1 Å². The van der Waals surface area contributed by atoms with Crippen LogP contribution in [0.15, 0.2) is 24.3 Å². The Morgan fingerprint density at radius 2 is 2.00 bits per heavy atom. The molecule has 0 spiro atoms. The maximum absolute atomic E-state index is 12.6. The molecule has 3 rings (SSSR count). The minimum Gasteiger partial charge on any atom is -0.333 e. The summed E-state index contributed by atoms with van der Waals surface area (Å²) >= 11 is 0. The van der Waals surface area contributed by atoms with Gasteiger partial charge in [-0.25, -0.2) is 4.79 Å². The number of nitrogens with one attached hydrogen (secondary N) is 1. The van der Waals surface area contributed by atoms with Crippen LogP contribution in [0.25, 0.3) is 0 Å². The van der Waals surface area contributed by atoms with E-state index in [4.69, 9.17) is 0 Å². The molecule has 2 aliphatic heterocycles. The molecule has 24 heavy (non-hydrogen) atoms. The lowest BCUT2D eigenvalue weighted by molar-refractivity contribution is -0.117. The highest BCUT2D eigenvalue weighted by atomic mass is 16.2. The summed E-state index contributed by atoms with van der Waals surface area (Å²) in [5.74, 6) is 0.0786. The quantitative estimate of drug-likeness (QED) is 0.926. The van der Waals surface area contributed by atoms with Crippen LogP contribution in [0, 0.1) is 6.92 Å². The van der Waals surface area contributed by atoms with Gasteiger partial charge in [0.15, 0.2) is 0 Å². The van der Waals surface area contributed by atoms with Crippen molar-refractivity contribution >= 4 is 17.6 Å². The van der Waals surface area contributed by atoms with Gasteiger partial charge >= 0.3 is 6.03 Å². The summed E-state index contributed by atoms with van der Waals surface area (Å²) in [5.41, 5.74) is 2.08. The molecule has 5 heteroatoms. The third-order valence-corrected chi connectivity index (χ3v) is 5.16. The first-order valence-corrected chi connectivity index (χ1v) is 9.02. The molecular weight excluding hydrogens is 302 g/mol. The summed E-state index contributed by atoms with van der Waals surface area (Å²) in [7, 11) is 0. The van der Waals surface area contributed by atoms with Crippen LogP contribution < -0.4 is 10.2 Å². The van der Waals surface area contributed by atoms with Gasteiger partial charge in [0.25, 0.3) is 0 Å². The SMILES string of the molecule is CC[C@H]1CCCCN1C(=O)N[C@H]1CC(=O)N(c2ccc(C)cc2)C1. The summed E-state index contributed by atoms with van der Waals surface area (Å²) in [4.78, 5) is 28.6. The number of benzene rings is 1. The molecule has 0 bridgehead atoms. The van der Waals surface area contributed by atoms with Crippen molar-refractivity contribution < 1.29 is 9.59 Å². The molecule has 0 aliphatic carbocycles. The molecule has 130 valence electrons. The fourth-order valence-electron chi connectivity index (χ4n) is 3.73. The maximum Gasteiger partial charge on any atom is 0.317 e. The number of hydrogen-bond donors (Lipinski definition) is 1. The smallest absolute Gasteiger partial charge is 0.317 e. The first-order chi connectivity index (χ1) is 11.6. The first-order valence-electron chi connectivity index (χ1n) is 9.02. The van der Waals surface area contributed by atoms with E-state index in [2.05, 4.69) is 12.2 Å². The molecule has 1 aromatic rings. The summed E-state index contributed by atoms with van der Waals surface area (Å²) in [6.45, 7) is 5.54. The number of anilines is 1. The van der Waals surface area contributed by atoms with Gasteiger partial charge in [-0.1, -0.05) is 24.6 Å². The van der Waals surface area contributed by atoms with Gasteiger partial charge in [0.2, 0.25) is 5.91 Å². The number of hydrogen-bond acceptors (Lipinski definition) is 2. The van der Waals surface area contributed by atoms with E-state index in [0.29, 0.717) is 19.0 Å². The van der Waals surface area contributed by atoms with Crippen LogP contribution in [0.5, 0.6) is 0 Å². The Morgan fingerprint density at radius 3 is 2.71 bits per heavy atom. The van der Waals surface area contributed by atoms with E-state index in [1.165, 1.54) is 12.0 Å². The topological polar surface area (TPSA) is 52.7 Å². The van der Waals surface area contributed by atoms with Gasteiger partial charge in [0, 0.05) is 31.2 Å². The van der Waals surface area contributed by atoms with Crippen LogP contribution in [-0.4, -0.2) is 42.0 Å². The van der Waals surface area contributed by atoms with E-state index < -0.39 is 0 Å². The van der Waals surface area contributed by atoms with Gasteiger partial charge in [0.1, 0.15) is 0 Å². The molecule has 0 saturated carbocycles. The predicted molar refractivity (Wildman–Crippen MR) is 95.1 cm³/mol. The molecule has 0 radical (unpaired) electrons. The second-order valence-electron chi connectivity index (χ2n) is 6.94. The Morgan fingerprint density at radius 1 is 1.25 bits per heavy atom. The van der Waals surface area contributed by atoms with E-state index in [0.717, 1.165) is 31.5 Å². The molecule has 2 heterocycles. The molecule has 5 nitrogen and oxygen atoms in total. The van der Waals surface area contributed by atoms with Gasteiger partial charge in [-0.2, -0.15) is 0 Å². The molecule has 0 aromatic heterocycles. The second-order valence-corrected chi connectivity index (χ2v) is 6.94. The maximum atomic E-state index is 12.6. The number of rotatable bonds is 3. The highest BCUT2D eigenvalue weighted by Gasteiger charge is 2.34. The first kappa shape index (κ1) is 16.8. The lowest BCUT2D eigenvalue weighted by Crippen LogP contribution is -2.51. The van der Waals surface area contributed by atoms with E-state index >= 15 is 0 Å². The predicted octanol–water partition coefficient (Wildman–Crippen LogP) is 3.07. The van der Waals surface area contributed by atoms with Crippen LogP contribution >= 0.6 is 0 Å². The van der Waals surface area contributed by atoms with Crippen LogP contribution in [-0.2, 0) is 4.79 Å².